The van der Waals surface area contributed by atoms with Crippen LogP contribution in [0, 0.1) is 45.8 Å². The van der Waals surface area contributed by atoms with Crippen LogP contribution >= 0.6 is 0 Å². The predicted molar refractivity (Wildman–Crippen MR) is 128 cm³/mol. The first-order chi connectivity index (χ1) is 15.6. The van der Waals surface area contributed by atoms with Crippen LogP contribution in [0.2, 0.25) is 0 Å². The van der Waals surface area contributed by atoms with Crippen LogP contribution in [0.4, 0.5) is 0 Å². The van der Waals surface area contributed by atoms with Gasteiger partial charge in [0, 0.05) is 23.6 Å². The second kappa shape index (κ2) is 8.48. The van der Waals surface area contributed by atoms with Crippen molar-refractivity contribution in [3.05, 3.63) is 11.8 Å². The van der Waals surface area contributed by atoms with Gasteiger partial charge in [-0.2, -0.15) is 0 Å². The number of allylic oxidation sites excluding steroid dienone is 2. The molecule has 188 valence electrons. The van der Waals surface area contributed by atoms with Crippen molar-refractivity contribution in [3.8, 4) is 0 Å². The predicted octanol–water partition coefficient (Wildman–Crippen LogP) is 2.98. The molecular weight excluding hydrogens is 416 g/mol. The van der Waals surface area contributed by atoms with E-state index in [9.17, 15) is 15.3 Å². The van der Waals surface area contributed by atoms with Crippen molar-refractivity contribution in [2.24, 2.45) is 45.8 Å². The minimum Gasteiger partial charge on any atom is -0.396 e. The number of nitrogens with one attached hydrogen (secondary N) is 2. The average molecular weight is 463 g/mol. The molecule has 6 nitrogen and oxygen atoms in total. The van der Waals surface area contributed by atoms with Gasteiger partial charge in [0.1, 0.15) is 0 Å². The fourth-order valence-corrected chi connectivity index (χ4v) is 9.45. The Hall–Kier alpha value is -0.660. The lowest BCUT2D eigenvalue weighted by Gasteiger charge is -2.66. The first kappa shape index (κ1) is 24.1. The van der Waals surface area contributed by atoms with E-state index >= 15 is 0 Å². The fourth-order valence-electron chi connectivity index (χ4n) is 9.45. The molecule has 4 fully saturated rings. The third kappa shape index (κ3) is 3.54. The maximum Gasteiger partial charge on any atom is 0.0878 e. The van der Waals surface area contributed by atoms with Gasteiger partial charge in [-0.3, -0.25) is 10.3 Å². The topological polar surface area (TPSA) is 94.0 Å². The van der Waals surface area contributed by atoms with Gasteiger partial charge in [0.15, 0.2) is 0 Å². The Balaban J connectivity index is 1.45. The molecule has 4 aliphatic carbocycles. The molecule has 0 aromatic heterocycles. The van der Waals surface area contributed by atoms with Gasteiger partial charge in [-0.05, 0) is 92.5 Å². The van der Waals surface area contributed by atoms with Gasteiger partial charge >= 0.3 is 0 Å². The third-order valence-electron chi connectivity index (χ3n) is 11.2. The smallest absolute Gasteiger partial charge is 0.0878 e. The van der Waals surface area contributed by atoms with Crippen LogP contribution in [0.5, 0.6) is 0 Å². The third-order valence-corrected chi connectivity index (χ3v) is 11.2. The first-order valence-corrected chi connectivity index (χ1v) is 13.4. The number of piperidine rings is 1. The molecule has 0 spiro atoms. The number of rotatable bonds is 4. The van der Waals surface area contributed by atoms with Gasteiger partial charge in [-0.15, -0.1) is 0 Å². The molecule has 0 amide bonds. The normalized spacial score (nSPS) is 49.5. The molecule has 6 heteroatoms. The summed E-state index contributed by atoms with van der Waals surface area (Å²) in [5.74, 6) is 0.889. The molecule has 0 bridgehead atoms. The molecule has 9 atom stereocenters. The van der Waals surface area contributed by atoms with Crippen molar-refractivity contribution in [2.45, 2.75) is 91.0 Å². The second-order valence-electron chi connectivity index (χ2n) is 13.0. The minimum absolute atomic E-state index is 0.00247. The van der Waals surface area contributed by atoms with E-state index in [1.54, 1.807) is 0 Å². The van der Waals surface area contributed by atoms with Crippen molar-refractivity contribution in [1.82, 2.24) is 10.8 Å². The maximum atomic E-state index is 11.8. The molecule has 0 aromatic carbocycles. The summed E-state index contributed by atoms with van der Waals surface area (Å²) in [5, 5.41) is 36.6. The lowest BCUT2D eigenvalue weighted by Crippen LogP contribution is -2.65. The number of aliphatic hydroxyl groups is 3. The lowest BCUT2D eigenvalue weighted by molar-refractivity contribution is -0.215. The molecule has 3 saturated carbocycles. The zero-order chi connectivity index (χ0) is 23.6. The Labute approximate surface area is 199 Å². The molecule has 1 aliphatic heterocycles. The number of hydroxylamine groups is 1. The molecule has 0 radical (unpaired) electrons. The van der Waals surface area contributed by atoms with E-state index in [1.807, 2.05) is 0 Å². The maximum absolute atomic E-state index is 11.8. The van der Waals surface area contributed by atoms with Crippen LogP contribution in [0.15, 0.2) is 11.8 Å². The summed E-state index contributed by atoms with van der Waals surface area (Å²) in [6, 6.07) is 0. The highest BCUT2D eigenvalue weighted by atomic mass is 16.7. The van der Waals surface area contributed by atoms with E-state index in [0.29, 0.717) is 11.8 Å². The van der Waals surface area contributed by atoms with Crippen LogP contribution in [0.1, 0.15) is 72.6 Å². The van der Waals surface area contributed by atoms with Crippen molar-refractivity contribution in [2.75, 3.05) is 19.7 Å². The Morgan fingerprint density at radius 3 is 2.39 bits per heavy atom. The second-order valence-corrected chi connectivity index (χ2v) is 13.0. The largest absolute Gasteiger partial charge is 0.396 e. The molecule has 5 aliphatic rings. The molecule has 0 aromatic rings. The quantitative estimate of drug-likeness (QED) is 0.413. The summed E-state index contributed by atoms with van der Waals surface area (Å²) in [5.41, 5.74) is 4.12. The highest BCUT2D eigenvalue weighted by molar-refractivity contribution is 5.25. The molecule has 5 rings (SSSR count). The van der Waals surface area contributed by atoms with E-state index < -0.39 is 6.10 Å². The number of hydrogen-bond donors (Lipinski definition) is 5. The summed E-state index contributed by atoms with van der Waals surface area (Å²) in [6.07, 6.45) is 8.65. The van der Waals surface area contributed by atoms with Crippen molar-refractivity contribution >= 4 is 0 Å². The van der Waals surface area contributed by atoms with Gasteiger partial charge in [0.2, 0.25) is 0 Å². The Kier molecular flexibility index (Phi) is 6.18. The molecule has 5 N–H and O–H groups in total. The van der Waals surface area contributed by atoms with Crippen molar-refractivity contribution in [3.63, 3.8) is 0 Å². The van der Waals surface area contributed by atoms with Gasteiger partial charge in [0.25, 0.3) is 0 Å². The summed E-state index contributed by atoms with van der Waals surface area (Å²) >= 11 is 0. The Morgan fingerprint density at radius 1 is 1.00 bits per heavy atom. The van der Waals surface area contributed by atoms with Crippen molar-refractivity contribution in [1.29, 1.82) is 0 Å². The molecular formula is C27H46N2O4. The summed E-state index contributed by atoms with van der Waals surface area (Å²) in [4.78, 5) is 6.14. The molecule has 33 heavy (non-hydrogen) atoms. The van der Waals surface area contributed by atoms with Crippen LogP contribution in [0.3, 0.4) is 0 Å². The van der Waals surface area contributed by atoms with Crippen molar-refractivity contribution < 1.29 is 20.2 Å². The first-order valence-electron chi connectivity index (χ1n) is 13.4. The van der Waals surface area contributed by atoms with E-state index in [2.05, 4.69) is 44.6 Å². The number of fused-ring (bicyclic) bond motifs is 5. The van der Waals surface area contributed by atoms with Gasteiger partial charge in [-0.1, -0.05) is 33.8 Å². The summed E-state index contributed by atoms with van der Waals surface area (Å²) in [6.45, 7) is 11.2. The van der Waals surface area contributed by atoms with E-state index in [1.165, 1.54) is 0 Å². The monoisotopic (exact) mass is 462 g/mol. The standard InChI is InChI=1S/C27H46N2O4/c1-25(2)20(29-33-16-9-13-28-14-10-16)8-12-27(4)19-7-11-26(3)18(5-6-21(26)31)22(19)23(32)17(15-30)24(25)27/h8,16-19,21-24,28-32H,5-7,9-15H2,1-4H3/t17-,18-,19-,21-,22-,23+,24?,26-,27+/m0/s1. The highest BCUT2D eigenvalue weighted by Gasteiger charge is 2.67. The van der Waals surface area contributed by atoms with E-state index in [0.717, 1.165) is 63.7 Å². The highest BCUT2D eigenvalue weighted by Crippen LogP contribution is 2.69. The number of aliphatic hydroxyl groups excluding tert-OH is 3. The van der Waals surface area contributed by atoms with Crippen LogP contribution in [-0.2, 0) is 4.84 Å². The van der Waals surface area contributed by atoms with Gasteiger partial charge < -0.3 is 20.6 Å². The van der Waals surface area contributed by atoms with Crippen LogP contribution < -0.4 is 10.8 Å². The van der Waals surface area contributed by atoms with Crippen LogP contribution in [0.25, 0.3) is 0 Å². The van der Waals surface area contributed by atoms with E-state index in [4.69, 9.17) is 4.84 Å². The van der Waals surface area contributed by atoms with E-state index in [-0.39, 0.29) is 52.8 Å². The zero-order valence-electron chi connectivity index (χ0n) is 21.0. The molecule has 1 saturated heterocycles. The Morgan fingerprint density at radius 2 is 1.70 bits per heavy atom. The zero-order valence-corrected chi connectivity index (χ0v) is 21.0. The Bertz CT molecular complexity index is 765. The lowest BCUT2D eigenvalue weighted by atomic mass is 9.39. The molecule has 1 unspecified atom stereocenters. The summed E-state index contributed by atoms with van der Waals surface area (Å²) < 4.78 is 0. The van der Waals surface area contributed by atoms with Crippen LogP contribution in [-0.4, -0.2) is 53.3 Å². The summed E-state index contributed by atoms with van der Waals surface area (Å²) in [7, 11) is 0. The number of hydrogen-bond acceptors (Lipinski definition) is 6. The fraction of sp³-hybridized carbons (Fsp3) is 0.926. The minimum atomic E-state index is -0.531. The SMILES string of the molecule is CC1(C)C(NOC2CCNCC2)=CC[C@@]2(C)C1[C@@H](CO)[C@@H](O)[C@H]1[C@@H]3CC[C@H](O)[C@@]3(C)CC[C@@H]12. The average Bonchev–Trinajstić information content (AvgIpc) is 3.09. The van der Waals surface area contributed by atoms with Gasteiger partial charge in [-0.25, -0.2) is 0 Å². The molecule has 1 heterocycles. The van der Waals surface area contributed by atoms with Gasteiger partial charge in [0.05, 0.1) is 18.3 Å².